The second kappa shape index (κ2) is 7.34. The van der Waals surface area contributed by atoms with Crippen molar-refractivity contribution in [2.24, 2.45) is 5.92 Å². The van der Waals surface area contributed by atoms with E-state index in [1.165, 1.54) is 0 Å². The van der Waals surface area contributed by atoms with Gasteiger partial charge in [-0.05, 0) is 44.7 Å². The van der Waals surface area contributed by atoms with Gasteiger partial charge in [0.05, 0.1) is 12.3 Å². The van der Waals surface area contributed by atoms with Crippen molar-refractivity contribution < 1.29 is 14.1 Å². The van der Waals surface area contributed by atoms with Crippen LogP contribution in [0, 0.1) is 31.1 Å². The molecule has 3 rings (SSSR count). The third-order valence-corrected chi connectivity index (χ3v) is 4.50. The summed E-state index contributed by atoms with van der Waals surface area (Å²) in [6.07, 6.45) is 3.31. The number of aryl methyl sites for hydroxylation is 2. The smallest absolute Gasteiger partial charge is 0.259 e. The Kier molecular flexibility index (Phi) is 4.98. The Morgan fingerprint density at radius 2 is 2.20 bits per heavy atom. The number of ether oxygens (including phenoxy) is 1. The Morgan fingerprint density at radius 3 is 2.84 bits per heavy atom. The molecule has 0 atom stereocenters. The molecule has 0 bridgehead atoms. The molecule has 1 fully saturated rings. The highest BCUT2D eigenvalue weighted by atomic mass is 16.5. The number of carbonyl (C=O) groups excluding carboxylic acids is 1. The van der Waals surface area contributed by atoms with Gasteiger partial charge in [0.1, 0.15) is 23.0 Å². The first-order valence-corrected chi connectivity index (χ1v) is 8.30. The molecule has 0 aliphatic carbocycles. The van der Waals surface area contributed by atoms with Crippen molar-refractivity contribution in [3.05, 3.63) is 40.9 Å². The van der Waals surface area contributed by atoms with Crippen LogP contribution < -0.4 is 4.74 Å². The number of piperidine rings is 1. The van der Waals surface area contributed by atoms with Crippen LogP contribution in [0.3, 0.4) is 0 Å². The highest BCUT2D eigenvalue weighted by Crippen LogP contribution is 2.23. The highest BCUT2D eigenvalue weighted by Gasteiger charge is 2.28. The van der Waals surface area contributed by atoms with Crippen LogP contribution in [0.25, 0.3) is 0 Å². The molecular weight excluding hydrogens is 320 g/mol. The molecule has 0 N–H and O–H groups in total. The van der Waals surface area contributed by atoms with E-state index in [-0.39, 0.29) is 5.91 Å². The van der Waals surface area contributed by atoms with Crippen molar-refractivity contribution in [1.82, 2.24) is 15.0 Å². The summed E-state index contributed by atoms with van der Waals surface area (Å²) in [5, 5.41) is 12.9. The van der Waals surface area contributed by atoms with Crippen molar-refractivity contribution in [2.45, 2.75) is 26.7 Å². The lowest BCUT2D eigenvalue weighted by Crippen LogP contribution is -2.40. The SMILES string of the molecule is Cc1noc(C)c1C(=O)N1CCC(COc2ncccc2C#N)CC1. The van der Waals surface area contributed by atoms with E-state index < -0.39 is 0 Å². The van der Waals surface area contributed by atoms with Crippen molar-refractivity contribution in [3.63, 3.8) is 0 Å². The van der Waals surface area contributed by atoms with E-state index in [2.05, 4.69) is 16.2 Å². The second-order valence-corrected chi connectivity index (χ2v) is 6.21. The highest BCUT2D eigenvalue weighted by molar-refractivity contribution is 5.96. The molecule has 130 valence electrons. The minimum Gasteiger partial charge on any atom is -0.476 e. The van der Waals surface area contributed by atoms with E-state index in [0.717, 1.165) is 12.8 Å². The largest absolute Gasteiger partial charge is 0.476 e. The van der Waals surface area contributed by atoms with E-state index in [4.69, 9.17) is 14.5 Å². The summed E-state index contributed by atoms with van der Waals surface area (Å²) in [6.45, 7) is 5.38. The Labute approximate surface area is 146 Å². The van der Waals surface area contributed by atoms with Gasteiger partial charge in [0.15, 0.2) is 0 Å². The van der Waals surface area contributed by atoms with Crippen LogP contribution in [0.15, 0.2) is 22.9 Å². The number of aromatic nitrogens is 2. The first kappa shape index (κ1) is 17.0. The fourth-order valence-electron chi connectivity index (χ4n) is 3.04. The predicted molar refractivity (Wildman–Crippen MR) is 89.1 cm³/mol. The van der Waals surface area contributed by atoms with Crippen molar-refractivity contribution in [3.8, 4) is 11.9 Å². The maximum atomic E-state index is 12.6. The van der Waals surface area contributed by atoms with Gasteiger partial charge in [-0.3, -0.25) is 4.79 Å². The number of hydrogen-bond donors (Lipinski definition) is 0. The topological polar surface area (TPSA) is 92.2 Å². The summed E-state index contributed by atoms with van der Waals surface area (Å²) in [4.78, 5) is 18.6. The Bertz CT molecular complexity index is 781. The molecule has 1 aliphatic rings. The normalized spacial score (nSPS) is 15.0. The first-order chi connectivity index (χ1) is 12.1. The van der Waals surface area contributed by atoms with Crippen LogP contribution in [0.5, 0.6) is 5.88 Å². The van der Waals surface area contributed by atoms with Crippen molar-refractivity contribution in [1.29, 1.82) is 5.26 Å². The lowest BCUT2D eigenvalue weighted by atomic mass is 9.97. The van der Waals surface area contributed by atoms with Crippen molar-refractivity contribution in [2.75, 3.05) is 19.7 Å². The first-order valence-electron chi connectivity index (χ1n) is 8.30. The molecular formula is C18H20N4O3. The molecule has 7 nitrogen and oxygen atoms in total. The molecule has 25 heavy (non-hydrogen) atoms. The van der Waals surface area contributed by atoms with Gasteiger partial charge in [-0.2, -0.15) is 5.26 Å². The van der Waals surface area contributed by atoms with E-state index in [1.807, 2.05) is 4.90 Å². The minimum absolute atomic E-state index is 0.0212. The van der Waals surface area contributed by atoms with Gasteiger partial charge in [-0.15, -0.1) is 0 Å². The van der Waals surface area contributed by atoms with Crippen molar-refractivity contribution >= 4 is 5.91 Å². The predicted octanol–water partition coefficient (Wildman–Crippen LogP) is 2.49. The van der Waals surface area contributed by atoms with Crippen LogP contribution in [0.2, 0.25) is 0 Å². The van der Waals surface area contributed by atoms with Crippen LogP contribution >= 0.6 is 0 Å². The Hall–Kier alpha value is -2.88. The van der Waals surface area contributed by atoms with Gasteiger partial charge in [0.2, 0.25) is 5.88 Å². The number of carbonyl (C=O) groups is 1. The summed E-state index contributed by atoms with van der Waals surface area (Å²) in [7, 11) is 0. The zero-order valence-corrected chi connectivity index (χ0v) is 14.4. The molecule has 0 radical (unpaired) electrons. The van der Waals surface area contributed by atoms with Crippen LogP contribution in [-0.4, -0.2) is 40.6 Å². The van der Waals surface area contributed by atoms with Gasteiger partial charge in [0.25, 0.3) is 5.91 Å². The van der Waals surface area contributed by atoms with Crippen LogP contribution in [0.1, 0.15) is 40.2 Å². The lowest BCUT2D eigenvalue weighted by Gasteiger charge is -2.31. The van der Waals surface area contributed by atoms with Gasteiger partial charge in [-0.25, -0.2) is 4.98 Å². The molecule has 0 aromatic carbocycles. The third kappa shape index (κ3) is 3.63. The number of nitrogens with zero attached hydrogens (tertiary/aromatic N) is 4. The summed E-state index contributed by atoms with van der Waals surface area (Å²) in [6, 6.07) is 5.48. The van der Waals surface area contributed by atoms with Crippen LogP contribution in [0.4, 0.5) is 0 Å². The van der Waals surface area contributed by atoms with Gasteiger partial charge < -0.3 is 14.2 Å². The molecule has 3 heterocycles. The molecule has 1 saturated heterocycles. The standard InChI is InChI=1S/C18H20N4O3/c1-12-16(13(2)25-21-12)18(23)22-8-5-14(6-9-22)11-24-17-15(10-19)4-3-7-20-17/h3-4,7,14H,5-6,8-9,11H2,1-2H3. The zero-order valence-electron chi connectivity index (χ0n) is 14.4. The Balaban J connectivity index is 1.54. The van der Waals surface area contributed by atoms with E-state index in [9.17, 15) is 4.79 Å². The maximum absolute atomic E-state index is 12.6. The van der Waals surface area contributed by atoms with E-state index >= 15 is 0 Å². The molecule has 2 aromatic heterocycles. The van der Waals surface area contributed by atoms with E-state index in [1.54, 1.807) is 32.2 Å². The molecule has 2 aromatic rings. The Morgan fingerprint density at radius 1 is 1.44 bits per heavy atom. The summed E-state index contributed by atoms with van der Waals surface area (Å²) < 4.78 is 10.8. The number of nitriles is 1. The number of rotatable bonds is 4. The van der Waals surface area contributed by atoms with Gasteiger partial charge in [0, 0.05) is 19.3 Å². The van der Waals surface area contributed by atoms with E-state index in [0.29, 0.717) is 54.1 Å². The molecule has 1 amide bonds. The molecule has 1 aliphatic heterocycles. The fraction of sp³-hybridized carbons (Fsp3) is 0.444. The molecule has 0 unspecified atom stereocenters. The maximum Gasteiger partial charge on any atom is 0.259 e. The average Bonchev–Trinajstić information content (AvgIpc) is 2.98. The number of hydrogen-bond acceptors (Lipinski definition) is 6. The monoisotopic (exact) mass is 340 g/mol. The second-order valence-electron chi connectivity index (χ2n) is 6.21. The summed E-state index contributed by atoms with van der Waals surface area (Å²) in [5.41, 5.74) is 1.64. The third-order valence-electron chi connectivity index (χ3n) is 4.50. The fourth-order valence-corrected chi connectivity index (χ4v) is 3.04. The van der Waals surface area contributed by atoms with Gasteiger partial charge >= 0.3 is 0 Å². The quantitative estimate of drug-likeness (QED) is 0.849. The number of likely N-dealkylation sites (tertiary alicyclic amines) is 1. The summed E-state index contributed by atoms with van der Waals surface area (Å²) in [5.74, 6) is 1.25. The zero-order chi connectivity index (χ0) is 17.8. The molecule has 0 spiro atoms. The molecule has 7 heteroatoms. The lowest BCUT2D eigenvalue weighted by molar-refractivity contribution is 0.0657. The average molecular weight is 340 g/mol. The number of amides is 1. The molecule has 0 saturated carbocycles. The van der Waals surface area contributed by atoms with Gasteiger partial charge in [-0.1, -0.05) is 5.16 Å². The van der Waals surface area contributed by atoms with Crippen LogP contribution in [-0.2, 0) is 0 Å². The summed E-state index contributed by atoms with van der Waals surface area (Å²) >= 11 is 0. The number of pyridine rings is 1. The minimum atomic E-state index is -0.0212.